The number of thiol groups is 1. The molecule has 0 aliphatic carbocycles. The lowest BCUT2D eigenvalue weighted by atomic mass is 10.0. The molecule has 13 nitrogen and oxygen atoms in total. The van der Waals surface area contributed by atoms with E-state index in [1.807, 2.05) is 0 Å². The molecule has 1 aromatic carbocycles. The molecular formula is C23H35N7O6S. The van der Waals surface area contributed by atoms with Crippen molar-refractivity contribution in [3.8, 4) is 5.75 Å². The fourth-order valence-corrected chi connectivity index (χ4v) is 4.02. The molecule has 4 unspecified atom stereocenters. The van der Waals surface area contributed by atoms with Gasteiger partial charge >= 0.3 is 5.97 Å². The number of carboxylic acids is 1. The SMILES string of the molecule is NC(N)=NCCCC(NC(=O)C(CS)NC(=O)C1CCCN1)C(=O)NC(Cc1ccc(O)cc1)C(=O)O. The number of guanidine groups is 1. The van der Waals surface area contributed by atoms with Gasteiger partial charge in [0.1, 0.15) is 23.9 Å². The zero-order chi connectivity index (χ0) is 27.4. The first-order valence-corrected chi connectivity index (χ1v) is 12.6. The molecule has 0 spiro atoms. The average Bonchev–Trinajstić information content (AvgIpc) is 3.40. The van der Waals surface area contributed by atoms with Crippen molar-refractivity contribution in [3.63, 3.8) is 0 Å². The number of aliphatic carboxylic acids is 1. The summed E-state index contributed by atoms with van der Waals surface area (Å²) in [5, 5.41) is 29.8. The number of nitrogens with one attached hydrogen (secondary N) is 4. The zero-order valence-corrected chi connectivity index (χ0v) is 21.2. The molecule has 2 rings (SSSR count). The minimum atomic E-state index is -1.29. The number of phenolic OH excluding ortho intramolecular Hbond substituents is 1. The second kappa shape index (κ2) is 14.9. The van der Waals surface area contributed by atoms with E-state index in [-0.39, 0.29) is 42.8 Å². The Morgan fingerprint density at radius 3 is 2.27 bits per heavy atom. The number of carbonyl (C=O) groups is 4. The van der Waals surface area contributed by atoms with Gasteiger partial charge in [-0.3, -0.25) is 19.4 Å². The fraction of sp³-hybridized carbons (Fsp3) is 0.522. The molecule has 37 heavy (non-hydrogen) atoms. The Labute approximate surface area is 220 Å². The summed E-state index contributed by atoms with van der Waals surface area (Å²) in [6, 6.07) is 2.11. The third-order valence-electron chi connectivity index (χ3n) is 5.76. The van der Waals surface area contributed by atoms with Gasteiger partial charge in [-0.25, -0.2) is 4.79 Å². The highest BCUT2D eigenvalue weighted by molar-refractivity contribution is 7.80. The number of benzene rings is 1. The van der Waals surface area contributed by atoms with Gasteiger partial charge in [0.05, 0.1) is 6.04 Å². The van der Waals surface area contributed by atoms with Crippen LogP contribution in [-0.2, 0) is 25.6 Å². The number of aromatic hydroxyl groups is 1. The standard InChI is InChI=1S/C23H35N7O6S/c24-23(25)27-10-2-4-16(28-21(34)18(12-37)30-19(32)15-3-1-9-26-15)20(33)29-17(22(35)36)11-13-5-7-14(31)8-6-13/h5-8,15-18,26,31,37H,1-4,9-12H2,(H,28,34)(H,29,33)(H,30,32)(H,35,36)(H4,24,25,27). The summed E-state index contributed by atoms with van der Waals surface area (Å²) in [4.78, 5) is 54.1. The van der Waals surface area contributed by atoms with E-state index in [0.717, 1.165) is 6.42 Å². The van der Waals surface area contributed by atoms with E-state index in [2.05, 4.69) is 38.9 Å². The Morgan fingerprint density at radius 2 is 1.70 bits per heavy atom. The van der Waals surface area contributed by atoms with Gasteiger partial charge < -0.3 is 42.9 Å². The summed E-state index contributed by atoms with van der Waals surface area (Å²) in [5.74, 6) is -3.05. The number of carbonyl (C=O) groups excluding carboxylic acids is 3. The maximum atomic E-state index is 13.1. The van der Waals surface area contributed by atoms with Crippen molar-refractivity contribution in [1.82, 2.24) is 21.3 Å². The second-order valence-electron chi connectivity index (χ2n) is 8.67. The van der Waals surface area contributed by atoms with E-state index < -0.39 is 42.0 Å². The largest absolute Gasteiger partial charge is 0.508 e. The van der Waals surface area contributed by atoms with E-state index in [9.17, 15) is 29.4 Å². The second-order valence-corrected chi connectivity index (χ2v) is 9.04. The number of nitrogens with two attached hydrogens (primary N) is 2. The van der Waals surface area contributed by atoms with E-state index in [1.54, 1.807) is 12.1 Å². The molecule has 3 amide bonds. The molecule has 1 aromatic rings. The van der Waals surface area contributed by atoms with Crippen molar-refractivity contribution in [2.75, 3.05) is 18.8 Å². The number of hydrogen-bond acceptors (Lipinski definition) is 8. The molecule has 1 aliphatic heterocycles. The van der Waals surface area contributed by atoms with Crippen molar-refractivity contribution in [2.45, 2.75) is 56.3 Å². The van der Waals surface area contributed by atoms with Crippen LogP contribution in [0, 0.1) is 0 Å². The third-order valence-corrected chi connectivity index (χ3v) is 6.13. The van der Waals surface area contributed by atoms with Gasteiger partial charge in [0.25, 0.3) is 0 Å². The van der Waals surface area contributed by atoms with Crippen LogP contribution in [0.4, 0.5) is 0 Å². The van der Waals surface area contributed by atoms with Crippen LogP contribution in [0.5, 0.6) is 5.75 Å². The molecular weight excluding hydrogens is 502 g/mol. The van der Waals surface area contributed by atoms with Crippen molar-refractivity contribution in [2.24, 2.45) is 16.5 Å². The number of aliphatic imine (C=N–C) groups is 1. The van der Waals surface area contributed by atoms with Gasteiger partial charge in [-0.05, 0) is 49.9 Å². The number of nitrogens with zero attached hydrogens (tertiary/aromatic N) is 1. The number of amides is 3. The Kier molecular flexibility index (Phi) is 12.0. The van der Waals surface area contributed by atoms with E-state index in [1.165, 1.54) is 12.1 Å². The molecule has 1 saturated heterocycles. The molecule has 0 aromatic heterocycles. The molecule has 14 heteroatoms. The van der Waals surface area contributed by atoms with Gasteiger partial charge in [0, 0.05) is 18.7 Å². The zero-order valence-electron chi connectivity index (χ0n) is 20.4. The fourth-order valence-electron chi connectivity index (χ4n) is 3.76. The molecule has 0 bridgehead atoms. The first-order chi connectivity index (χ1) is 17.6. The quantitative estimate of drug-likeness (QED) is 0.0565. The van der Waals surface area contributed by atoms with Crippen molar-refractivity contribution >= 4 is 42.3 Å². The number of phenols is 1. The Balaban J connectivity index is 2.09. The van der Waals surface area contributed by atoms with Crippen LogP contribution < -0.4 is 32.7 Å². The smallest absolute Gasteiger partial charge is 0.326 e. The predicted octanol–water partition coefficient (Wildman–Crippen LogP) is -1.79. The van der Waals surface area contributed by atoms with Crippen LogP contribution in [0.2, 0.25) is 0 Å². The highest BCUT2D eigenvalue weighted by Gasteiger charge is 2.31. The first-order valence-electron chi connectivity index (χ1n) is 11.9. The highest BCUT2D eigenvalue weighted by atomic mass is 32.1. The molecule has 204 valence electrons. The lowest BCUT2D eigenvalue weighted by Crippen LogP contribution is -2.57. The van der Waals surface area contributed by atoms with Gasteiger partial charge in [-0.1, -0.05) is 12.1 Å². The summed E-state index contributed by atoms with van der Waals surface area (Å²) in [6.07, 6.45) is 1.88. The average molecular weight is 538 g/mol. The summed E-state index contributed by atoms with van der Waals surface area (Å²) in [7, 11) is 0. The first kappa shape index (κ1) is 29.7. The summed E-state index contributed by atoms with van der Waals surface area (Å²) < 4.78 is 0. The molecule has 1 heterocycles. The topological polar surface area (TPSA) is 221 Å². The van der Waals surface area contributed by atoms with Crippen molar-refractivity contribution in [1.29, 1.82) is 0 Å². The Hall–Kier alpha value is -3.52. The third kappa shape index (κ3) is 10.2. The molecule has 1 fully saturated rings. The lowest BCUT2D eigenvalue weighted by molar-refractivity contribution is -0.142. The normalized spacial score (nSPS) is 17.2. The van der Waals surface area contributed by atoms with Crippen LogP contribution in [0.1, 0.15) is 31.2 Å². The van der Waals surface area contributed by atoms with Crippen molar-refractivity contribution < 1.29 is 29.4 Å². The molecule has 1 aliphatic rings. The minimum absolute atomic E-state index is 0.00869. The van der Waals surface area contributed by atoms with Crippen LogP contribution in [-0.4, -0.2) is 82.9 Å². The van der Waals surface area contributed by atoms with E-state index in [4.69, 9.17) is 11.5 Å². The molecule has 4 atom stereocenters. The Bertz CT molecular complexity index is 965. The molecule has 0 radical (unpaired) electrons. The maximum Gasteiger partial charge on any atom is 0.326 e. The Morgan fingerprint density at radius 1 is 1.05 bits per heavy atom. The van der Waals surface area contributed by atoms with E-state index in [0.29, 0.717) is 24.9 Å². The predicted molar refractivity (Wildman–Crippen MR) is 140 cm³/mol. The van der Waals surface area contributed by atoms with Gasteiger partial charge in [0.2, 0.25) is 17.7 Å². The summed E-state index contributed by atoms with van der Waals surface area (Å²) >= 11 is 4.16. The number of rotatable bonds is 14. The van der Waals surface area contributed by atoms with Gasteiger partial charge in [-0.15, -0.1) is 0 Å². The van der Waals surface area contributed by atoms with Gasteiger partial charge in [0.15, 0.2) is 5.96 Å². The summed E-state index contributed by atoms with van der Waals surface area (Å²) in [6.45, 7) is 0.903. The highest BCUT2D eigenvalue weighted by Crippen LogP contribution is 2.12. The van der Waals surface area contributed by atoms with Crippen LogP contribution >= 0.6 is 12.6 Å². The van der Waals surface area contributed by atoms with Crippen LogP contribution in [0.3, 0.4) is 0 Å². The molecule has 10 N–H and O–H groups in total. The lowest BCUT2D eigenvalue weighted by Gasteiger charge is -2.24. The van der Waals surface area contributed by atoms with Crippen molar-refractivity contribution in [3.05, 3.63) is 29.8 Å². The minimum Gasteiger partial charge on any atom is -0.508 e. The number of hydrogen-bond donors (Lipinski definition) is 9. The van der Waals surface area contributed by atoms with E-state index >= 15 is 0 Å². The summed E-state index contributed by atoms with van der Waals surface area (Å²) in [5.41, 5.74) is 11.2. The van der Waals surface area contributed by atoms with Crippen LogP contribution in [0.15, 0.2) is 29.3 Å². The monoisotopic (exact) mass is 537 g/mol. The van der Waals surface area contributed by atoms with Crippen LogP contribution in [0.25, 0.3) is 0 Å². The molecule has 0 saturated carbocycles. The van der Waals surface area contributed by atoms with Gasteiger partial charge in [-0.2, -0.15) is 12.6 Å². The number of carboxylic acid groups (broad SMARTS) is 1. The maximum absolute atomic E-state index is 13.1.